The van der Waals surface area contributed by atoms with E-state index >= 15 is 0 Å². The molecule has 4 aromatic carbocycles. The number of rotatable bonds is 14. The number of amides is 2. The van der Waals surface area contributed by atoms with Crippen molar-refractivity contribution in [1.82, 2.24) is 10.2 Å². The van der Waals surface area contributed by atoms with E-state index in [-0.39, 0.29) is 29.8 Å². The molecule has 45 heavy (non-hydrogen) atoms. The van der Waals surface area contributed by atoms with Crippen LogP contribution in [0.3, 0.4) is 0 Å². The molecule has 0 fully saturated rings. The molecular formula is C35H38BrN3O5S. The molecule has 0 heterocycles. The highest BCUT2D eigenvalue weighted by atomic mass is 79.9. The number of anilines is 1. The summed E-state index contributed by atoms with van der Waals surface area (Å²) in [4.78, 5) is 29.9. The van der Waals surface area contributed by atoms with Crippen molar-refractivity contribution in [2.75, 3.05) is 18.0 Å². The summed E-state index contributed by atoms with van der Waals surface area (Å²) in [5, 5.41) is 3.05. The molecule has 2 amide bonds. The van der Waals surface area contributed by atoms with Gasteiger partial charge in [-0.05, 0) is 73.0 Å². The Balaban J connectivity index is 1.79. The van der Waals surface area contributed by atoms with Gasteiger partial charge in [-0.25, -0.2) is 8.42 Å². The van der Waals surface area contributed by atoms with Gasteiger partial charge in [0.25, 0.3) is 10.0 Å². The zero-order valence-electron chi connectivity index (χ0n) is 25.6. The highest BCUT2D eigenvalue weighted by molar-refractivity contribution is 9.10. The van der Waals surface area contributed by atoms with Crippen LogP contribution in [0.4, 0.5) is 5.69 Å². The predicted octanol–water partition coefficient (Wildman–Crippen LogP) is 6.21. The number of ether oxygens (including phenoxy) is 1. The quantitative estimate of drug-likeness (QED) is 0.170. The highest BCUT2D eigenvalue weighted by Gasteiger charge is 2.35. The Kier molecular flexibility index (Phi) is 11.8. The minimum atomic E-state index is -4.17. The van der Waals surface area contributed by atoms with Crippen LogP contribution in [0, 0.1) is 0 Å². The molecule has 1 N–H and O–H groups in total. The fourth-order valence-electron chi connectivity index (χ4n) is 4.78. The Morgan fingerprint density at radius 2 is 1.44 bits per heavy atom. The third-order valence-corrected chi connectivity index (χ3v) is 9.83. The summed E-state index contributed by atoms with van der Waals surface area (Å²) >= 11 is 3.46. The summed E-state index contributed by atoms with van der Waals surface area (Å²) in [6, 6.07) is 30.4. The lowest BCUT2D eigenvalue weighted by molar-refractivity contribution is -0.140. The first kappa shape index (κ1) is 33.7. The van der Waals surface area contributed by atoms with E-state index in [2.05, 4.69) is 21.2 Å². The number of sulfonamides is 1. The molecule has 0 aromatic heterocycles. The Bertz CT molecular complexity index is 1650. The number of hydrogen-bond acceptors (Lipinski definition) is 5. The molecule has 4 rings (SSSR count). The van der Waals surface area contributed by atoms with E-state index in [4.69, 9.17) is 4.74 Å². The van der Waals surface area contributed by atoms with E-state index in [9.17, 15) is 18.0 Å². The van der Waals surface area contributed by atoms with Gasteiger partial charge in [0.05, 0.1) is 17.7 Å². The molecule has 0 radical (unpaired) electrons. The maximum Gasteiger partial charge on any atom is 0.264 e. The van der Waals surface area contributed by atoms with Crippen molar-refractivity contribution in [2.24, 2.45) is 0 Å². The summed E-state index contributed by atoms with van der Waals surface area (Å²) in [7, 11) is -2.65. The monoisotopic (exact) mass is 691 g/mol. The average Bonchev–Trinajstić information content (AvgIpc) is 3.06. The maximum atomic E-state index is 14.5. The summed E-state index contributed by atoms with van der Waals surface area (Å²) in [6.45, 7) is 3.46. The summed E-state index contributed by atoms with van der Waals surface area (Å²) in [6.07, 6.45) is 0.963. The fraction of sp³-hybridized carbons (Fsp3) is 0.257. The normalized spacial score (nSPS) is 12.5. The van der Waals surface area contributed by atoms with E-state index < -0.39 is 28.5 Å². The zero-order valence-corrected chi connectivity index (χ0v) is 28.0. The van der Waals surface area contributed by atoms with Gasteiger partial charge in [0.15, 0.2) is 0 Å². The van der Waals surface area contributed by atoms with Crippen LogP contribution >= 0.6 is 15.9 Å². The molecular weight excluding hydrogens is 654 g/mol. The third kappa shape index (κ3) is 8.95. The van der Waals surface area contributed by atoms with Crippen molar-refractivity contribution in [2.45, 2.75) is 50.2 Å². The smallest absolute Gasteiger partial charge is 0.264 e. The molecule has 236 valence electrons. The molecule has 0 saturated heterocycles. The van der Waals surface area contributed by atoms with E-state index in [0.29, 0.717) is 17.9 Å². The van der Waals surface area contributed by atoms with E-state index in [1.54, 1.807) is 42.5 Å². The minimum absolute atomic E-state index is 0.0448. The molecule has 4 aromatic rings. The lowest BCUT2D eigenvalue weighted by Gasteiger charge is -2.34. The summed E-state index contributed by atoms with van der Waals surface area (Å²) in [5.74, 6) is -0.280. The van der Waals surface area contributed by atoms with Gasteiger partial charge in [-0.1, -0.05) is 83.5 Å². The van der Waals surface area contributed by atoms with E-state index in [1.165, 1.54) is 24.1 Å². The second-order valence-corrected chi connectivity index (χ2v) is 13.5. The van der Waals surface area contributed by atoms with Crippen LogP contribution in [0.25, 0.3) is 0 Å². The first-order chi connectivity index (χ1) is 21.6. The average molecular weight is 693 g/mol. The van der Waals surface area contributed by atoms with Crippen molar-refractivity contribution < 1.29 is 22.7 Å². The fourth-order valence-corrected chi connectivity index (χ4v) is 6.48. The minimum Gasteiger partial charge on any atom is -0.497 e. The van der Waals surface area contributed by atoms with Gasteiger partial charge in [0, 0.05) is 23.5 Å². The first-order valence-corrected chi connectivity index (χ1v) is 17.0. The van der Waals surface area contributed by atoms with Crippen LogP contribution in [0.5, 0.6) is 5.75 Å². The van der Waals surface area contributed by atoms with Gasteiger partial charge in [0.1, 0.15) is 18.3 Å². The number of hydrogen-bond donors (Lipinski definition) is 1. The molecule has 0 spiro atoms. The molecule has 0 aliphatic rings. The SMILES string of the molecule is CC[C@H](C)NC(=O)[C@@H](Cc1ccccc1)N(Cc1ccc(Br)cc1)C(=O)CN(c1ccc(OC)cc1)S(=O)(=O)c1ccccc1. The second kappa shape index (κ2) is 15.7. The number of carbonyl (C=O) groups excluding carboxylic acids is 2. The van der Waals surface area contributed by atoms with E-state index in [1.807, 2.05) is 68.4 Å². The Hall–Kier alpha value is -4.15. The zero-order chi connectivity index (χ0) is 32.4. The third-order valence-electron chi connectivity index (χ3n) is 7.51. The molecule has 2 atom stereocenters. The largest absolute Gasteiger partial charge is 0.497 e. The molecule has 0 saturated carbocycles. The number of benzene rings is 4. The van der Waals surface area contributed by atoms with Gasteiger partial charge in [0.2, 0.25) is 11.8 Å². The van der Waals surface area contributed by atoms with Crippen molar-refractivity contribution in [3.05, 3.63) is 125 Å². The lowest BCUT2D eigenvalue weighted by Crippen LogP contribution is -2.54. The number of halogens is 1. The molecule has 0 aliphatic heterocycles. The van der Waals surface area contributed by atoms with E-state index in [0.717, 1.165) is 19.9 Å². The van der Waals surface area contributed by atoms with Gasteiger partial charge < -0.3 is 15.0 Å². The van der Waals surface area contributed by atoms with Crippen LogP contribution in [-0.4, -0.2) is 50.9 Å². The highest BCUT2D eigenvalue weighted by Crippen LogP contribution is 2.27. The van der Waals surface area contributed by atoms with Crippen molar-refractivity contribution in [3.8, 4) is 5.75 Å². The number of nitrogens with zero attached hydrogens (tertiary/aromatic N) is 2. The van der Waals surface area contributed by atoms with Gasteiger partial charge in [-0.2, -0.15) is 0 Å². The molecule has 0 unspecified atom stereocenters. The predicted molar refractivity (Wildman–Crippen MR) is 180 cm³/mol. The van der Waals surface area contributed by atoms with Gasteiger partial charge in [-0.3, -0.25) is 13.9 Å². The summed E-state index contributed by atoms with van der Waals surface area (Å²) in [5.41, 5.74) is 1.96. The van der Waals surface area contributed by atoms with Crippen LogP contribution in [0.15, 0.2) is 119 Å². The lowest BCUT2D eigenvalue weighted by atomic mass is 10.0. The van der Waals surface area contributed by atoms with Crippen LogP contribution in [0.2, 0.25) is 0 Å². The van der Waals surface area contributed by atoms with Crippen LogP contribution in [-0.2, 0) is 32.6 Å². The number of nitrogens with one attached hydrogen (secondary N) is 1. The maximum absolute atomic E-state index is 14.5. The van der Waals surface area contributed by atoms with Gasteiger partial charge >= 0.3 is 0 Å². The first-order valence-electron chi connectivity index (χ1n) is 14.7. The molecule has 0 bridgehead atoms. The van der Waals surface area contributed by atoms with Crippen LogP contribution < -0.4 is 14.4 Å². The van der Waals surface area contributed by atoms with Gasteiger partial charge in [-0.15, -0.1) is 0 Å². The topological polar surface area (TPSA) is 96.0 Å². The Morgan fingerprint density at radius 3 is 2.02 bits per heavy atom. The Labute approximate surface area is 274 Å². The molecule has 0 aliphatic carbocycles. The second-order valence-electron chi connectivity index (χ2n) is 10.7. The number of carbonyl (C=O) groups is 2. The van der Waals surface area contributed by atoms with Crippen LogP contribution in [0.1, 0.15) is 31.4 Å². The molecule has 10 heteroatoms. The Morgan fingerprint density at radius 1 is 0.844 bits per heavy atom. The molecule has 8 nitrogen and oxygen atoms in total. The number of methoxy groups -OCH3 is 1. The van der Waals surface area contributed by atoms with Crippen molar-refractivity contribution in [3.63, 3.8) is 0 Å². The van der Waals surface area contributed by atoms with Crippen molar-refractivity contribution >= 4 is 43.5 Å². The summed E-state index contributed by atoms with van der Waals surface area (Å²) < 4.78 is 35.4. The van der Waals surface area contributed by atoms with Crippen molar-refractivity contribution in [1.29, 1.82) is 0 Å². The standard InChI is InChI=1S/C35H38BrN3O5S/c1-4-26(2)37-35(41)33(23-27-11-7-5-8-12-27)38(24-28-15-17-29(36)18-16-28)34(40)25-39(30-19-21-31(44-3)22-20-30)45(42,43)32-13-9-6-10-14-32/h5-22,26,33H,4,23-25H2,1-3H3,(H,37,41)/t26-,33+/m0/s1.